The van der Waals surface area contributed by atoms with Crippen LogP contribution in [0.5, 0.6) is 0 Å². The van der Waals surface area contributed by atoms with Crippen LogP contribution in [0.4, 0.5) is 8.78 Å². The van der Waals surface area contributed by atoms with Gasteiger partial charge in [0.05, 0.1) is 27.4 Å². The summed E-state index contributed by atoms with van der Waals surface area (Å²) >= 11 is 5.88. The zero-order valence-electron chi connectivity index (χ0n) is 17.4. The Labute approximate surface area is 198 Å². The van der Waals surface area contributed by atoms with Crippen LogP contribution in [0.3, 0.4) is 0 Å². The summed E-state index contributed by atoms with van der Waals surface area (Å²) in [7, 11) is -3.92. The van der Waals surface area contributed by atoms with Gasteiger partial charge in [-0.3, -0.25) is 4.79 Å². The van der Waals surface area contributed by atoms with Crippen LogP contribution in [0.2, 0.25) is 5.02 Å². The standard InChI is InChI=1S/C23H17ClF2N4O3S/c24-19-10-16(4-8-21(19)26)30-23(31)22(14-3-7-20(25)15(9-14)11-27)18(12-29-30)13-1-5-17(6-2-13)34(28,32)33/h1-10,12H,11,27H2,(H2,28,32,33). The molecule has 0 amide bonds. The summed E-state index contributed by atoms with van der Waals surface area (Å²) in [4.78, 5) is 13.5. The number of halogens is 3. The molecule has 7 nitrogen and oxygen atoms in total. The Balaban J connectivity index is 1.99. The summed E-state index contributed by atoms with van der Waals surface area (Å²) in [5, 5.41) is 9.17. The minimum absolute atomic E-state index is 0.0924. The quantitative estimate of drug-likeness (QED) is 0.432. The summed E-state index contributed by atoms with van der Waals surface area (Å²) in [5.41, 5.74) is 6.79. The Morgan fingerprint density at radius 1 is 0.941 bits per heavy atom. The molecule has 34 heavy (non-hydrogen) atoms. The van der Waals surface area contributed by atoms with E-state index < -0.39 is 27.2 Å². The van der Waals surface area contributed by atoms with Crippen molar-refractivity contribution < 1.29 is 17.2 Å². The molecule has 0 bridgehead atoms. The summed E-state index contributed by atoms with van der Waals surface area (Å²) in [6.07, 6.45) is 1.39. The molecule has 0 spiro atoms. The summed E-state index contributed by atoms with van der Waals surface area (Å²) in [6.45, 7) is -0.0924. The second-order valence-corrected chi connectivity index (χ2v) is 9.30. The lowest BCUT2D eigenvalue weighted by Gasteiger charge is -2.14. The summed E-state index contributed by atoms with van der Waals surface area (Å²) < 4.78 is 52.0. The second kappa shape index (κ2) is 9.07. The molecule has 4 N–H and O–H groups in total. The van der Waals surface area contributed by atoms with Crippen molar-refractivity contribution in [3.63, 3.8) is 0 Å². The summed E-state index contributed by atoms with van der Waals surface area (Å²) in [5.74, 6) is -1.18. The fourth-order valence-electron chi connectivity index (χ4n) is 3.46. The van der Waals surface area contributed by atoms with Gasteiger partial charge >= 0.3 is 0 Å². The van der Waals surface area contributed by atoms with E-state index in [0.717, 1.165) is 10.7 Å². The van der Waals surface area contributed by atoms with E-state index >= 15 is 0 Å². The van der Waals surface area contributed by atoms with Crippen LogP contribution in [-0.4, -0.2) is 18.2 Å². The molecule has 174 valence electrons. The van der Waals surface area contributed by atoms with E-state index in [9.17, 15) is 22.0 Å². The second-order valence-electron chi connectivity index (χ2n) is 7.33. The minimum Gasteiger partial charge on any atom is -0.326 e. The number of rotatable bonds is 5. The molecule has 1 heterocycles. The van der Waals surface area contributed by atoms with Gasteiger partial charge in [0.15, 0.2) is 0 Å². The van der Waals surface area contributed by atoms with Gasteiger partial charge in [0.2, 0.25) is 10.0 Å². The van der Waals surface area contributed by atoms with E-state index in [2.05, 4.69) is 5.10 Å². The molecule has 0 unspecified atom stereocenters. The Kier molecular flexibility index (Phi) is 6.32. The number of nitrogens with two attached hydrogens (primary N) is 2. The first-order valence-corrected chi connectivity index (χ1v) is 11.7. The zero-order chi connectivity index (χ0) is 24.6. The van der Waals surface area contributed by atoms with Crippen molar-refractivity contribution in [3.05, 3.63) is 99.4 Å². The van der Waals surface area contributed by atoms with Gasteiger partial charge in [-0.15, -0.1) is 0 Å². The highest BCUT2D eigenvalue weighted by atomic mass is 35.5. The number of hydrogen-bond donors (Lipinski definition) is 2. The molecule has 4 rings (SSSR count). The predicted octanol–water partition coefficient (Wildman–Crippen LogP) is 3.60. The minimum atomic E-state index is -3.92. The Morgan fingerprint density at radius 2 is 1.59 bits per heavy atom. The van der Waals surface area contributed by atoms with Crippen LogP contribution < -0.4 is 16.4 Å². The Bertz CT molecular complexity index is 1570. The van der Waals surface area contributed by atoms with Gasteiger partial charge in [0, 0.05) is 17.7 Å². The third kappa shape index (κ3) is 4.48. The lowest BCUT2D eigenvalue weighted by Crippen LogP contribution is -2.23. The van der Waals surface area contributed by atoms with E-state index in [-0.39, 0.29) is 33.3 Å². The molecule has 0 fully saturated rings. The van der Waals surface area contributed by atoms with Crippen molar-refractivity contribution in [2.45, 2.75) is 11.4 Å². The topological polar surface area (TPSA) is 121 Å². The van der Waals surface area contributed by atoms with Crippen molar-refractivity contribution in [3.8, 4) is 27.9 Å². The molecule has 0 atom stereocenters. The average molecular weight is 503 g/mol. The van der Waals surface area contributed by atoms with E-state index in [1.807, 2.05) is 0 Å². The van der Waals surface area contributed by atoms with Crippen LogP contribution in [0.1, 0.15) is 5.56 Å². The van der Waals surface area contributed by atoms with Crippen molar-refractivity contribution >= 4 is 21.6 Å². The number of sulfonamides is 1. The highest BCUT2D eigenvalue weighted by Crippen LogP contribution is 2.31. The molecule has 4 aromatic rings. The predicted molar refractivity (Wildman–Crippen MR) is 125 cm³/mol. The average Bonchev–Trinajstić information content (AvgIpc) is 2.81. The molecule has 0 saturated heterocycles. The van der Waals surface area contributed by atoms with Gasteiger partial charge < -0.3 is 5.73 Å². The van der Waals surface area contributed by atoms with Gasteiger partial charge in [-0.05, 0) is 53.6 Å². The SMILES string of the molecule is NCc1cc(-c2c(-c3ccc(S(N)(=O)=O)cc3)cnn(-c3ccc(F)c(Cl)c3)c2=O)ccc1F. The third-order valence-corrected chi connectivity index (χ3v) is 6.39. The third-order valence-electron chi connectivity index (χ3n) is 5.17. The van der Waals surface area contributed by atoms with Crippen molar-refractivity contribution in [1.29, 1.82) is 0 Å². The maximum absolute atomic E-state index is 14.1. The molecule has 11 heteroatoms. The van der Waals surface area contributed by atoms with Gasteiger partial charge in [0.25, 0.3) is 5.56 Å². The molecule has 0 aliphatic rings. The van der Waals surface area contributed by atoms with Gasteiger partial charge in [-0.1, -0.05) is 29.8 Å². The van der Waals surface area contributed by atoms with Crippen LogP contribution in [0.15, 0.2) is 76.6 Å². The van der Waals surface area contributed by atoms with Crippen LogP contribution >= 0.6 is 11.6 Å². The van der Waals surface area contributed by atoms with Crippen LogP contribution in [0, 0.1) is 11.6 Å². The molecule has 0 saturated carbocycles. The first kappa shape index (κ1) is 23.7. The fraction of sp³-hybridized carbons (Fsp3) is 0.0435. The molecular formula is C23H17ClF2N4O3S. The van der Waals surface area contributed by atoms with Crippen LogP contribution in [-0.2, 0) is 16.6 Å². The zero-order valence-corrected chi connectivity index (χ0v) is 18.9. The number of benzene rings is 3. The van der Waals surface area contributed by atoms with E-state index in [1.165, 1.54) is 60.8 Å². The number of aromatic nitrogens is 2. The normalized spacial score (nSPS) is 11.6. The number of primary sulfonamides is 1. The van der Waals surface area contributed by atoms with Gasteiger partial charge in [0.1, 0.15) is 11.6 Å². The van der Waals surface area contributed by atoms with Gasteiger partial charge in [-0.25, -0.2) is 22.3 Å². The highest BCUT2D eigenvalue weighted by molar-refractivity contribution is 7.89. The molecule has 0 aliphatic heterocycles. The van der Waals surface area contributed by atoms with Crippen molar-refractivity contribution in [1.82, 2.24) is 9.78 Å². The highest BCUT2D eigenvalue weighted by Gasteiger charge is 2.19. The lowest BCUT2D eigenvalue weighted by molar-refractivity contribution is 0.598. The Hall–Kier alpha value is -3.44. The number of hydrogen-bond acceptors (Lipinski definition) is 5. The van der Waals surface area contributed by atoms with E-state index in [1.54, 1.807) is 0 Å². The van der Waals surface area contributed by atoms with Crippen molar-refractivity contribution in [2.75, 3.05) is 0 Å². The largest absolute Gasteiger partial charge is 0.326 e. The van der Waals surface area contributed by atoms with E-state index in [0.29, 0.717) is 16.7 Å². The monoisotopic (exact) mass is 502 g/mol. The van der Waals surface area contributed by atoms with Gasteiger partial charge in [-0.2, -0.15) is 9.78 Å². The maximum Gasteiger partial charge on any atom is 0.280 e. The number of nitrogens with zero attached hydrogens (tertiary/aromatic N) is 2. The molecule has 3 aromatic carbocycles. The smallest absolute Gasteiger partial charge is 0.280 e. The Morgan fingerprint density at radius 3 is 2.21 bits per heavy atom. The fourth-order valence-corrected chi connectivity index (χ4v) is 4.15. The van der Waals surface area contributed by atoms with E-state index in [4.69, 9.17) is 22.5 Å². The first-order valence-electron chi connectivity index (χ1n) is 9.80. The summed E-state index contributed by atoms with van der Waals surface area (Å²) in [6, 6.07) is 13.3. The lowest BCUT2D eigenvalue weighted by atomic mass is 9.96. The van der Waals surface area contributed by atoms with Crippen molar-refractivity contribution in [2.24, 2.45) is 10.9 Å². The molecule has 0 aliphatic carbocycles. The first-order chi connectivity index (χ1) is 16.1. The maximum atomic E-state index is 14.1. The molecule has 1 aromatic heterocycles. The van der Waals surface area contributed by atoms with Crippen LogP contribution in [0.25, 0.3) is 27.9 Å². The molecular weight excluding hydrogens is 486 g/mol. The molecule has 0 radical (unpaired) electrons.